The van der Waals surface area contributed by atoms with Gasteiger partial charge in [0.15, 0.2) is 0 Å². The second-order valence-corrected chi connectivity index (χ2v) is 4.78. The summed E-state index contributed by atoms with van der Waals surface area (Å²) in [6.45, 7) is 2.72. The first-order valence-corrected chi connectivity index (χ1v) is 6.16. The maximum Gasteiger partial charge on any atom is 0.0641 e. The van der Waals surface area contributed by atoms with Crippen molar-refractivity contribution in [1.82, 2.24) is 9.78 Å². The van der Waals surface area contributed by atoms with E-state index in [2.05, 4.69) is 46.2 Å². The predicted molar refractivity (Wildman–Crippen MR) is 70.3 cm³/mol. The minimum atomic E-state index is 0.487. The molecule has 3 nitrogen and oxygen atoms in total. The summed E-state index contributed by atoms with van der Waals surface area (Å²) >= 11 is 3.45. The van der Waals surface area contributed by atoms with E-state index in [1.54, 1.807) is 4.68 Å². The van der Waals surface area contributed by atoms with Crippen molar-refractivity contribution >= 4 is 15.9 Å². The molecule has 0 atom stereocenters. The Kier molecular flexibility index (Phi) is 3.60. The van der Waals surface area contributed by atoms with Gasteiger partial charge in [-0.2, -0.15) is 10.4 Å². The van der Waals surface area contributed by atoms with Crippen molar-refractivity contribution in [3.8, 4) is 17.2 Å². The zero-order valence-corrected chi connectivity index (χ0v) is 11.1. The van der Waals surface area contributed by atoms with E-state index >= 15 is 0 Å². The normalized spacial score (nSPS) is 10.2. The average Bonchev–Trinajstić information content (AvgIpc) is 2.75. The van der Waals surface area contributed by atoms with Crippen LogP contribution in [0.1, 0.15) is 12.0 Å². The van der Waals surface area contributed by atoms with Crippen molar-refractivity contribution < 1.29 is 0 Å². The lowest BCUT2D eigenvalue weighted by Crippen LogP contribution is -1.96. The fraction of sp³-hybridized carbons (Fsp3) is 0.231. The fourth-order valence-electron chi connectivity index (χ4n) is 1.74. The third-order valence-corrected chi connectivity index (χ3v) is 3.08. The Hall–Kier alpha value is -1.60. The lowest BCUT2D eigenvalue weighted by molar-refractivity contribution is 0.628. The molecule has 2 aromatic rings. The Bertz CT molecular complexity index is 566. The van der Waals surface area contributed by atoms with Crippen LogP contribution in [0.2, 0.25) is 0 Å². The summed E-state index contributed by atoms with van der Waals surface area (Å²) < 4.78 is 2.88. The maximum atomic E-state index is 8.53. The van der Waals surface area contributed by atoms with Crippen LogP contribution in [0.4, 0.5) is 0 Å². The first-order valence-electron chi connectivity index (χ1n) is 5.36. The molecule has 0 radical (unpaired) electrons. The van der Waals surface area contributed by atoms with Gasteiger partial charge in [0.2, 0.25) is 0 Å². The number of aryl methyl sites for hydroxylation is 2. The highest BCUT2D eigenvalue weighted by Crippen LogP contribution is 2.25. The van der Waals surface area contributed by atoms with E-state index in [0.717, 1.165) is 10.0 Å². The molecule has 2 rings (SSSR count). The zero-order valence-electron chi connectivity index (χ0n) is 9.52. The topological polar surface area (TPSA) is 41.6 Å². The second-order valence-electron chi connectivity index (χ2n) is 3.86. The van der Waals surface area contributed by atoms with E-state index < -0.39 is 0 Å². The van der Waals surface area contributed by atoms with Gasteiger partial charge in [-0.05, 0) is 30.2 Å². The maximum absolute atomic E-state index is 8.53. The molecule has 0 bridgehead atoms. The third-order valence-electron chi connectivity index (χ3n) is 2.59. The van der Waals surface area contributed by atoms with Gasteiger partial charge in [-0.1, -0.05) is 22.0 Å². The van der Waals surface area contributed by atoms with Crippen LogP contribution in [0, 0.1) is 18.3 Å². The highest BCUT2D eigenvalue weighted by Gasteiger charge is 2.05. The second kappa shape index (κ2) is 5.15. The monoisotopic (exact) mass is 289 g/mol. The Morgan fingerprint density at radius 2 is 2.29 bits per heavy atom. The van der Waals surface area contributed by atoms with E-state index in [0.29, 0.717) is 13.0 Å². The molecule has 0 amide bonds. The molecule has 0 spiro atoms. The number of hydrogen-bond donors (Lipinski definition) is 0. The molecule has 0 unspecified atom stereocenters. The van der Waals surface area contributed by atoms with Crippen molar-refractivity contribution in [2.45, 2.75) is 19.9 Å². The quantitative estimate of drug-likeness (QED) is 0.867. The van der Waals surface area contributed by atoms with Crippen molar-refractivity contribution in [3.63, 3.8) is 0 Å². The molecule has 0 fully saturated rings. The van der Waals surface area contributed by atoms with Crippen molar-refractivity contribution in [1.29, 1.82) is 5.26 Å². The van der Waals surface area contributed by atoms with Gasteiger partial charge in [-0.25, -0.2) is 0 Å². The van der Waals surface area contributed by atoms with Crippen LogP contribution in [0.15, 0.2) is 35.1 Å². The molecule has 0 N–H and O–H groups in total. The highest BCUT2D eigenvalue weighted by molar-refractivity contribution is 9.10. The number of halogens is 1. The standard InChI is InChI=1S/C13H12BrN3/c1-10-7-12(14)3-4-13(10)11-8-16-17(9-11)6-2-5-15/h3-4,7-9H,2,6H2,1H3. The van der Waals surface area contributed by atoms with Gasteiger partial charge in [0.25, 0.3) is 0 Å². The first kappa shape index (κ1) is 11.9. The number of hydrogen-bond acceptors (Lipinski definition) is 2. The van der Waals surface area contributed by atoms with Gasteiger partial charge in [0.05, 0.1) is 25.2 Å². The summed E-state index contributed by atoms with van der Waals surface area (Å²) in [6, 6.07) is 8.30. The summed E-state index contributed by atoms with van der Waals surface area (Å²) in [6.07, 6.45) is 4.31. The summed E-state index contributed by atoms with van der Waals surface area (Å²) in [5, 5.41) is 12.8. The largest absolute Gasteiger partial charge is 0.271 e. The molecule has 1 heterocycles. The molecule has 0 aliphatic heterocycles. The summed E-state index contributed by atoms with van der Waals surface area (Å²) in [5.41, 5.74) is 3.48. The lowest BCUT2D eigenvalue weighted by atomic mass is 10.0. The molecule has 1 aromatic heterocycles. The van der Waals surface area contributed by atoms with Gasteiger partial charge in [-0.3, -0.25) is 4.68 Å². The molecule has 0 aliphatic rings. The molecule has 1 aromatic carbocycles. The van der Waals surface area contributed by atoms with E-state index in [1.165, 1.54) is 11.1 Å². The van der Waals surface area contributed by atoms with Crippen LogP contribution < -0.4 is 0 Å². The molecule has 17 heavy (non-hydrogen) atoms. The van der Waals surface area contributed by atoms with Gasteiger partial charge in [-0.15, -0.1) is 0 Å². The Balaban J connectivity index is 2.28. The van der Waals surface area contributed by atoms with E-state index in [9.17, 15) is 0 Å². The molecule has 4 heteroatoms. The first-order chi connectivity index (χ1) is 8.20. The molecule has 86 valence electrons. The number of nitriles is 1. The minimum absolute atomic E-state index is 0.487. The Morgan fingerprint density at radius 1 is 1.47 bits per heavy atom. The molecule has 0 saturated heterocycles. The summed E-state index contributed by atoms with van der Waals surface area (Å²) in [7, 11) is 0. The van der Waals surface area contributed by atoms with E-state index in [4.69, 9.17) is 5.26 Å². The van der Waals surface area contributed by atoms with Crippen LogP contribution in [0.3, 0.4) is 0 Å². The predicted octanol–water partition coefficient (Wildman–Crippen LogP) is 3.53. The van der Waals surface area contributed by atoms with Crippen LogP contribution in [0.25, 0.3) is 11.1 Å². The van der Waals surface area contributed by atoms with Gasteiger partial charge >= 0.3 is 0 Å². The van der Waals surface area contributed by atoms with Crippen molar-refractivity contribution in [2.24, 2.45) is 0 Å². The number of rotatable bonds is 3. The summed E-state index contributed by atoms with van der Waals surface area (Å²) in [5.74, 6) is 0. The van der Waals surface area contributed by atoms with E-state index in [1.807, 2.05) is 18.5 Å². The lowest BCUT2D eigenvalue weighted by Gasteiger charge is -2.03. The number of benzene rings is 1. The summed E-state index contributed by atoms with van der Waals surface area (Å²) in [4.78, 5) is 0. The van der Waals surface area contributed by atoms with E-state index in [-0.39, 0.29) is 0 Å². The van der Waals surface area contributed by atoms with Crippen molar-refractivity contribution in [2.75, 3.05) is 0 Å². The SMILES string of the molecule is Cc1cc(Br)ccc1-c1cnn(CCC#N)c1. The zero-order chi connectivity index (χ0) is 12.3. The van der Waals surface area contributed by atoms with Crippen LogP contribution in [-0.4, -0.2) is 9.78 Å². The number of nitrogens with zero attached hydrogens (tertiary/aromatic N) is 3. The molecular formula is C13H12BrN3. The molecule has 0 aliphatic carbocycles. The van der Waals surface area contributed by atoms with Crippen LogP contribution >= 0.6 is 15.9 Å². The van der Waals surface area contributed by atoms with Gasteiger partial charge in [0.1, 0.15) is 0 Å². The van der Waals surface area contributed by atoms with Crippen LogP contribution in [-0.2, 0) is 6.54 Å². The minimum Gasteiger partial charge on any atom is -0.271 e. The Morgan fingerprint density at radius 3 is 3.00 bits per heavy atom. The fourth-order valence-corrected chi connectivity index (χ4v) is 2.22. The van der Waals surface area contributed by atoms with Crippen molar-refractivity contribution in [3.05, 3.63) is 40.6 Å². The highest BCUT2D eigenvalue weighted by atomic mass is 79.9. The Labute approximate surface area is 109 Å². The smallest absolute Gasteiger partial charge is 0.0641 e. The third kappa shape index (κ3) is 2.75. The number of aromatic nitrogens is 2. The van der Waals surface area contributed by atoms with Gasteiger partial charge < -0.3 is 0 Å². The van der Waals surface area contributed by atoms with Gasteiger partial charge in [0, 0.05) is 16.2 Å². The average molecular weight is 290 g/mol. The molecule has 0 saturated carbocycles. The van der Waals surface area contributed by atoms with Crippen LogP contribution in [0.5, 0.6) is 0 Å². The molecular weight excluding hydrogens is 278 g/mol.